The third-order valence-corrected chi connectivity index (χ3v) is 3.15. The number of hydrogen-bond acceptors (Lipinski definition) is 4. The van der Waals surface area contributed by atoms with Gasteiger partial charge in [0.1, 0.15) is 0 Å². The summed E-state index contributed by atoms with van der Waals surface area (Å²) in [4.78, 5) is 4.97. The predicted octanol–water partition coefficient (Wildman–Crippen LogP) is 3.36. The number of thiazole rings is 1. The monoisotopic (exact) mass is 273 g/mol. The van der Waals surface area contributed by atoms with Gasteiger partial charge in [-0.15, -0.1) is 11.3 Å². The first-order valence-corrected chi connectivity index (χ1v) is 5.90. The molecule has 0 spiro atoms. The van der Waals surface area contributed by atoms with E-state index in [0.29, 0.717) is 17.4 Å². The molecule has 1 heterocycles. The summed E-state index contributed by atoms with van der Waals surface area (Å²) in [6, 6.07) is 4.79. The van der Waals surface area contributed by atoms with E-state index < -0.39 is 11.7 Å². The summed E-state index contributed by atoms with van der Waals surface area (Å²) in [5.74, 6) is 0. The van der Waals surface area contributed by atoms with Gasteiger partial charge in [0, 0.05) is 23.3 Å². The van der Waals surface area contributed by atoms with Crippen molar-refractivity contribution in [1.29, 1.82) is 0 Å². The number of aromatic nitrogens is 1. The molecule has 1 aromatic heterocycles. The summed E-state index contributed by atoms with van der Waals surface area (Å²) in [5.41, 5.74) is 5.33. The number of halogens is 3. The highest BCUT2D eigenvalue weighted by Gasteiger charge is 2.29. The Hall–Kier alpha value is -1.60. The molecule has 0 radical (unpaired) electrons. The molecule has 7 heteroatoms. The van der Waals surface area contributed by atoms with Crippen LogP contribution in [-0.2, 0) is 12.7 Å². The lowest BCUT2D eigenvalue weighted by Gasteiger charge is -2.07. The SMILES string of the molecule is NCc1cnc(Nc2ccc(C(F)(F)F)cc2)s1. The molecule has 18 heavy (non-hydrogen) atoms. The Morgan fingerprint density at radius 1 is 1.22 bits per heavy atom. The molecule has 0 saturated heterocycles. The highest BCUT2D eigenvalue weighted by Crippen LogP contribution is 2.30. The molecule has 0 aliphatic rings. The standard InChI is InChI=1S/C11H10F3N3S/c12-11(13,14)7-1-3-8(4-2-7)17-10-16-6-9(5-15)18-10/h1-4,6H,5,15H2,(H,16,17). The lowest BCUT2D eigenvalue weighted by atomic mass is 10.2. The van der Waals surface area contributed by atoms with E-state index in [4.69, 9.17) is 5.73 Å². The van der Waals surface area contributed by atoms with E-state index in [1.54, 1.807) is 6.20 Å². The van der Waals surface area contributed by atoms with Crippen molar-refractivity contribution < 1.29 is 13.2 Å². The fraction of sp³-hybridized carbons (Fsp3) is 0.182. The van der Waals surface area contributed by atoms with Crippen LogP contribution >= 0.6 is 11.3 Å². The summed E-state index contributed by atoms with van der Waals surface area (Å²) in [6.07, 6.45) is -2.68. The fourth-order valence-corrected chi connectivity index (χ4v) is 2.04. The average molecular weight is 273 g/mol. The first-order chi connectivity index (χ1) is 8.49. The molecule has 0 atom stereocenters. The van der Waals surface area contributed by atoms with E-state index in [0.717, 1.165) is 17.0 Å². The number of nitrogens with zero attached hydrogens (tertiary/aromatic N) is 1. The summed E-state index contributed by atoms with van der Waals surface area (Å²) in [5, 5.41) is 3.53. The van der Waals surface area contributed by atoms with E-state index in [1.807, 2.05) is 0 Å². The lowest BCUT2D eigenvalue weighted by Crippen LogP contribution is -2.04. The van der Waals surface area contributed by atoms with Crippen LogP contribution in [0.25, 0.3) is 0 Å². The van der Waals surface area contributed by atoms with E-state index in [-0.39, 0.29) is 0 Å². The molecular formula is C11H10F3N3S. The van der Waals surface area contributed by atoms with Gasteiger partial charge in [0.25, 0.3) is 0 Å². The number of nitrogens with two attached hydrogens (primary N) is 1. The van der Waals surface area contributed by atoms with Crippen molar-refractivity contribution >= 4 is 22.2 Å². The van der Waals surface area contributed by atoms with E-state index in [2.05, 4.69) is 10.3 Å². The molecule has 2 aromatic rings. The van der Waals surface area contributed by atoms with Crippen molar-refractivity contribution in [3.05, 3.63) is 40.9 Å². The van der Waals surface area contributed by atoms with Crippen molar-refractivity contribution in [1.82, 2.24) is 4.98 Å². The van der Waals surface area contributed by atoms with Crippen LogP contribution in [-0.4, -0.2) is 4.98 Å². The summed E-state index contributed by atoms with van der Waals surface area (Å²) in [6.45, 7) is 0.395. The van der Waals surface area contributed by atoms with Crippen molar-refractivity contribution in [2.45, 2.75) is 12.7 Å². The van der Waals surface area contributed by atoms with E-state index in [1.165, 1.54) is 23.5 Å². The zero-order valence-corrected chi connectivity index (χ0v) is 9.98. The van der Waals surface area contributed by atoms with Crippen LogP contribution in [0.5, 0.6) is 0 Å². The molecule has 3 nitrogen and oxygen atoms in total. The van der Waals surface area contributed by atoms with Gasteiger partial charge in [-0.05, 0) is 24.3 Å². The second kappa shape index (κ2) is 4.95. The summed E-state index contributed by atoms with van der Waals surface area (Å²) in [7, 11) is 0. The maximum atomic E-state index is 12.4. The quantitative estimate of drug-likeness (QED) is 0.901. The Morgan fingerprint density at radius 2 is 1.89 bits per heavy atom. The normalized spacial score (nSPS) is 11.6. The van der Waals surface area contributed by atoms with Crippen LogP contribution < -0.4 is 11.1 Å². The van der Waals surface area contributed by atoms with Crippen molar-refractivity contribution in [3.8, 4) is 0 Å². The minimum absolute atomic E-state index is 0.395. The van der Waals surface area contributed by atoms with Crippen LogP contribution in [0, 0.1) is 0 Å². The minimum atomic E-state index is -4.31. The summed E-state index contributed by atoms with van der Waals surface area (Å²) >= 11 is 1.37. The van der Waals surface area contributed by atoms with Crippen LogP contribution in [0.15, 0.2) is 30.5 Å². The summed E-state index contributed by atoms with van der Waals surface area (Å²) < 4.78 is 37.1. The van der Waals surface area contributed by atoms with Crippen molar-refractivity contribution in [2.75, 3.05) is 5.32 Å². The Labute approximate surface area is 105 Å². The number of anilines is 2. The van der Waals surface area contributed by atoms with E-state index >= 15 is 0 Å². The van der Waals surface area contributed by atoms with E-state index in [9.17, 15) is 13.2 Å². The lowest BCUT2D eigenvalue weighted by molar-refractivity contribution is -0.137. The molecule has 0 saturated carbocycles. The maximum absolute atomic E-state index is 12.4. The van der Waals surface area contributed by atoms with Gasteiger partial charge >= 0.3 is 6.18 Å². The van der Waals surface area contributed by atoms with Gasteiger partial charge in [-0.1, -0.05) is 0 Å². The highest BCUT2D eigenvalue weighted by atomic mass is 32.1. The van der Waals surface area contributed by atoms with Crippen LogP contribution in [0.2, 0.25) is 0 Å². The molecule has 0 amide bonds. The Bertz CT molecular complexity index is 519. The zero-order chi connectivity index (χ0) is 13.2. The minimum Gasteiger partial charge on any atom is -0.332 e. The third kappa shape index (κ3) is 2.99. The molecule has 0 aliphatic heterocycles. The van der Waals surface area contributed by atoms with Crippen molar-refractivity contribution in [3.63, 3.8) is 0 Å². The van der Waals surface area contributed by atoms with Gasteiger partial charge in [0.05, 0.1) is 5.56 Å². The molecule has 2 rings (SSSR count). The second-order valence-corrected chi connectivity index (χ2v) is 4.65. The number of benzene rings is 1. The molecule has 0 unspecified atom stereocenters. The Balaban J connectivity index is 2.11. The Kier molecular flexibility index (Phi) is 3.53. The molecule has 0 bridgehead atoms. The third-order valence-electron chi connectivity index (χ3n) is 2.22. The molecule has 0 fully saturated rings. The van der Waals surface area contributed by atoms with Gasteiger partial charge in [0.2, 0.25) is 0 Å². The molecule has 0 aliphatic carbocycles. The first-order valence-electron chi connectivity index (χ1n) is 5.08. The molecule has 3 N–H and O–H groups in total. The Morgan fingerprint density at radius 3 is 2.39 bits per heavy atom. The van der Waals surface area contributed by atoms with Gasteiger partial charge < -0.3 is 11.1 Å². The topological polar surface area (TPSA) is 50.9 Å². The number of hydrogen-bond donors (Lipinski definition) is 2. The molecule has 1 aromatic carbocycles. The predicted molar refractivity (Wildman–Crippen MR) is 64.7 cm³/mol. The smallest absolute Gasteiger partial charge is 0.332 e. The fourth-order valence-electron chi connectivity index (χ4n) is 1.33. The number of nitrogens with one attached hydrogen (secondary N) is 1. The largest absolute Gasteiger partial charge is 0.416 e. The van der Waals surface area contributed by atoms with Gasteiger partial charge in [-0.3, -0.25) is 0 Å². The van der Waals surface area contributed by atoms with Crippen LogP contribution in [0.4, 0.5) is 24.0 Å². The van der Waals surface area contributed by atoms with Crippen LogP contribution in [0.3, 0.4) is 0 Å². The first kappa shape index (κ1) is 12.8. The molecular weight excluding hydrogens is 263 g/mol. The molecule has 96 valence electrons. The number of rotatable bonds is 3. The van der Waals surface area contributed by atoms with Crippen LogP contribution in [0.1, 0.15) is 10.4 Å². The maximum Gasteiger partial charge on any atom is 0.416 e. The average Bonchev–Trinajstić information content (AvgIpc) is 2.76. The highest BCUT2D eigenvalue weighted by molar-refractivity contribution is 7.15. The zero-order valence-electron chi connectivity index (χ0n) is 9.16. The second-order valence-electron chi connectivity index (χ2n) is 3.54. The van der Waals surface area contributed by atoms with Gasteiger partial charge in [0.15, 0.2) is 5.13 Å². The number of alkyl halides is 3. The van der Waals surface area contributed by atoms with Gasteiger partial charge in [-0.2, -0.15) is 13.2 Å². The van der Waals surface area contributed by atoms with Gasteiger partial charge in [-0.25, -0.2) is 4.98 Å². The van der Waals surface area contributed by atoms with Crippen molar-refractivity contribution in [2.24, 2.45) is 5.73 Å².